The van der Waals surface area contributed by atoms with Crippen molar-refractivity contribution in [1.29, 1.82) is 0 Å². The number of piperazine rings is 1. The van der Waals surface area contributed by atoms with Crippen LogP contribution in [0.5, 0.6) is 11.5 Å². The van der Waals surface area contributed by atoms with E-state index in [1.54, 1.807) is 19.1 Å². The zero-order valence-electron chi connectivity index (χ0n) is 21.2. The fraction of sp³-hybridized carbons (Fsp3) is 0.536. The molecule has 2 fully saturated rings. The number of carbonyl (C=O) groups is 1. The van der Waals surface area contributed by atoms with Gasteiger partial charge in [-0.05, 0) is 32.0 Å². The van der Waals surface area contributed by atoms with Crippen molar-refractivity contribution in [2.75, 3.05) is 57.3 Å². The van der Waals surface area contributed by atoms with E-state index in [0.29, 0.717) is 31.9 Å². The van der Waals surface area contributed by atoms with Crippen molar-refractivity contribution in [1.82, 2.24) is 9.80 Å². The maximum atomic E-state index is 12.8. The lowest BCUT2D eigenvalue weighted by Crippen LogP contribution is -2.48. The van der Waals surface area contributed by atoms with Gasteiger partial charge in [-0.25, -0.2) is 0 Å². The molecule has 4 rings (SSSR count). The van der Waals surface area contributed by atoms with E-state index in [0.717, 1.165) is 45.6 Å². The Balaban J connectivity index is 0.00000380. The van der Waals surface area contributed by atoms with Gasteiger partial charge in [0.1, 0.15) is 11.9 Å². The zero-order valence-corrected chi connectivity index (χ0v) is 21.2. The highest BCUT2D eigenvalue weighted by Gasteiger charge is 2.26. The second kappa shape index (κ2) is 13.3. The number of benzene rings is 2. The Morgan fingerprint density at radius 1 is 1.03 bits per heavy atom. The maximum absolute atomic E-state index is 12.8. The number of ether oxygens (including phenoxy) is 2. The molecule has 0 unspecified atom stereocenters. The smallest absolute Gasteiger partial charge is 0.311 e. The largest absolute Gasteiger partial charge is 0.490 e. The van der Waals surface area contributed by atoms with Gasteiger partial charge >= 0.3 is 5.69 Å². The third-order valence-electron chi connectivity index (χ3n) is 6.94. The molecule has 0 N–H and O–H groups in total. The van der Waals surface area contributed by atoms with Crippen molar-refractivity contribution in [3.63, 3.8) is 0 Å². The molecule has 1 amide bonds. The summed E-state index contributed by atoms with van der Waals surface area (Å²) in [5.41, 5.74) is 2.47. The minimum atomic E-state index is -0.456. The van der Waals surface area contributed by atoms with Gasteiger partial charge in [0.15, 0.2) is 0 Å². The van der Waals surface area contributed by atoms with E-state index in [9.17, 15) is 14.9 Å². The van der Waals surface area contributed by atoms with E-state index in [-0.39, 0.29) is 30.9 Å². The van der Waals surface area contributed by atoms with Crippen molar-refractivity contribution in [3.05, 3.63) is 58.1 Å². The van der Waals surface area contributed by atoms with Gasteiger partial charge in [0.25, 0.3) is 0 Å². The SMILES string of the molecule is C.CCOc1cc(OC2CCN(C(=O)CCN3CCN(c4ccc(C)cc4)CC3)CC2)ccc1[N+](=O)[O-]. The van der Waals surface area contributed by atoms with Gasteiger partial charge in [0.05, 0.1) is 11.5 Å². The number of rotatable bonds is 9. The van der Waals surface area contributed by atoms with E-state index < -0.39 is 4.92 Å². The van der Waals surface area contributed by atoms with E-state index in [1.807, 2.05) is 4.90 Å². The molecule has 2 heterocycles. The Bertz CT molecular complexity index is 1030. The molecule has 9 nitrogen and oxygen atoms in total. The van der Waals surface area contributed by atoms with Gasteiger partial charge in [0, 0.05) is 82.9 Å². The number of hydrogen-bond acceptors (Lipinski definition) is 7. The molecule has 0 bridgehead atoms. The van der Waals surface area contributed by atoms with E-state index in [4.69, 9.17) is 9.47 Å². The van der Waals surface area contributed by atoms with Crippen LogP contribution in [0.15, 0.2) is 42.5 Å². The van der Waals surface area contributed by atoms with E-state index in [1.165, 1.54) is 17.3 Å². The Labute approximate surface area is 220 Å². The fourth-order valence-corrected chi connectivity index (χ4v) is 4.80. The molecule has 37 heavy (non-hydrogen) atoms. The van der Waals surface area contributed by atoms with Crippen molar-refractivity contribution in [2.45, 2.75) is 46.6 Å². The van der Waals surface area contributed by atoms with E-state index >= 15 is 0 Å². The number of anilines is 1. The molecule has 0 aromatic heterocycles. The molecule has 2 aliphatic rings. The quantitative estimate of drug-likeness (QED) is 0.361. The second-order valence-electron chi connectivity index (χ2n) is 9.43. The number of nitro groups is 1. The Morgan fingerprint density at radius 2 is 1.70 bits per heavy atom. The first-order chi connectivity index (χ1) is 17.4. The summed E-state index contributed by atoms with van der Waals surface area (Å²) in [6.45, 7) is 10.2. The van der Waals surface area contributed by atoms with Crippen LogP contribution in [-0.2, 0) is 4.79 Å². The molecule has 2 aromatic rings. The van der Waals surface area contributed by atoms with Crippen LogP contribution in [0, 0.1) is 17.0 Å². The summed E-state index contributed by atoms with van der Waals surface area (Å²) in [6.07, 6.45) is 1.99. The number of likely N-dealkylation sites (tertiary alicyclic amines) is 1. The fourth-order valence-electron chi connectivity index (χ4n) is 4.80. The Morgan fingerprint density at radius 3 is 2.32 bits per heavy atom. The minimum Gasteiger partial charge on any atom is -0.490 e. The molecule has 2 aromatic carbocycles. The van der Waals surface area contributed by atoms with Crippen LogP contribution in [0.1, 0.15) is 39.2 Å². The van der Waals surface area contributed by atoms with Gasteiger partial charge in [-0.3, -0.25) is 19.8 Å². The standard InChI is InChI=1S/C27H36N4O5.CH4/c1-3-35-26-20-24(8-9-25(26)31(33)34)36-23-10-14-30(15-11-23)27(32)12-13-28-16-18-29(19-17-28)22-6-4-21(2)5-7-22;/h4-9,20,23H,3,10-19H2,1-2H3;1H4. The van der Waals surface area contributed by atoms with Crippen molar-refractivity contribution < 1.29 is 19.2 Å². The molecule has 2 saturated heterocycles. The molecule has 2 aliphatic heterocycles. The lowest BCUT2D eigenvalue weighted by atomic mass is 10.1. The van der Waals surface area contributed by atoms with Crippen molar-refractivity contribution in [3.8, 4) is 11.5 Å². The van der Waals surface area contributed by atoms with Gasteiger partial charge in [-0.2, -0.15) is 0 Å². The average Bonchev–Trinajstić information content (AvgIpc) is 2.89. The first-order valence-corrected chi connectivity index (χ1v) is 12.8. The maximum Gasteiger partial charge on any atom is 0.311 e. The summed E-state index contributed by atoms with van der Waals surface area (Å²) in [7, 11) is 0. The predicted molar refractivity (Wildman–Crippen MR) is 146 cm³/mol. The number of nitrogens with zero attached hydrogens (tertiary/aromatic N) is 4. The molecular formula is C28H40N4O5. The number of carbonyl (C=O) groups excluding carboxylic acids is 1. The molecule has 0 atom stereocenters. The third kappa shape index (κ3) is 7.58. The highest BCUT2D eigenvalue weighted by atomic mass is 16.6. The third-order valence-corrected chi connectivity index (χ3v) is 6.94. The van der Waals surface area contributed by atoms with Crippen LogP contribution in [0.3, 0.4) is 0 Å². The minimum absolute atomic E-state index is 0. The average molecular weight is 513 g/mol. The van der Waals surface area contributed by atoms with Crippen molar-refractivity contribution in [2.24, 2.45) is 0 Å². The summed E-state index contributed by atoms with van der Waals surface area (Å²) in [4.78, 5) is 30.3. The summed E-state index contributed by atoms with van der Waals surface area (Å²) >= 11 is 0. The molecule has 0 saturated carbocycles. The van der Waals surface area contributed by atoms with Crippen LogP contribution in [0.2, 0.25) is 0 Å². The normalized spacial score (nSPS) is 16.7. The van der Waals surface area contributed by atoms with Crippen LogP contribution in [-0.4, -0.2) is 79.2 Å². The van der Waals surface area contributed by atoms with Gasteiger partial charge < -0.3 is 19.3 Å². The van der Waals surface area contributed by atoms with Crippen molar-refractivity contribution >= 4 is 17.3 Å². The topological polar surface area (TPSA) is 88.4 Å². The Hall–Kier alpha value is -3.33. The monoisotopic (exact) mass is 512 g/mol. The first-order valence-electron chi connectivity index (χ1n) is 12.8. The van der Waals surface area contributed by atoms with Crippen LogP contribution >= 0.6 is 0 Å². The zero-order chi connectivity index (χ0) is 25.5. The number of nitro benzene ring substituents is 1. The molecule has 202 valence electrons. The highest BCUT2D eigenvalue weighted by Crippen LogP contribution is 2.32. The summed E-state index contributed by atoms with van der Waals surface area (Å²) in [5.74, 6) is 0.967. The molecular weight excluding hydrogens is 472 g/mol. The van der Waals surface area contributed by atoms with E-state index in [2.05, 4.69) is 41.0 Å². The van der Waals surface area contributed by atoms with Crippen LogP contribution in [0.25, 0.3) is 0 Å². The van der Waals surface area contributed by atoms with Crippen LogP contribution in [0.4, 0.5) is 11.4 Å². The summed E-state index contributed by atoms with van der Waals surface area (Å²) < 4.78 is 11.5. The predicted octanol–water partition coefficient (Wildman–Crippen LogP) is 4.52. The van der Waals surface area contributed by atoms with Gasteiger partial charge in [-0.15, -0.1) is 0 Å². The second-order valence-corrected chi connectivity index (χ2v) is 9.43. The first kappa shape index (κ1) is 28.2. The summed E-state index contributed by atoms with van der Waals surface area (Å²) in [5, 5.41) is 11.2. The lowest BCUT2D eigenvalue weighted by Gasteiger charge is -2.37. The molecule has 0 spiro atoms. The number of piperidine rings is 1. The van der Waals surface area contributed by atoms with Gasteiger partial charge in [0.2, 0.25) is 11.7 Å². The number of aryl methyl sites for hydroxylation is 1. The number of amides is 1. The molecule has 0 radical (unpaired) electrons. The Kier molecular flexibility index (Phi) is 10.1. The lowest BCUT2D eigenvalue weighted by molar-refractivity contribution is -0.385. The van der Waals surface area contributed by atoms with Crippen LogP contribution < -0.4 is 14.4 Å². The number of hydrogen-bond donors (Lipinski definition) is 0. The molecule has 9 heteroatoms. The molecule has 0 aliphatic carbocycles. The highest BCUT2D eigenvalue weighted by molar-refractivity contribution is 5.76. The van der Waals surface area contributed by atoms with Gasteiger partial charge in [-0.1, -0.05) is 25.1 Å². The summed E-state index contributed by atoms with van der Waals surface area (Å²) in [6, 6.07) is 13.3.